The molecule has 6 heteroatoms. The van der Waals surface area contributed by atoms with Crippen molar-refractivity contribution in [3.8, 4) is 0 Å². The maximum atomic E-state index is 4.52. The monoisotopic (exact) mass is 371 g/mol. The minimum Gasteiger partial charge on any atom is -0.299 e. The van der Waals surface area contributed by atoms with Crippen LogP contribution < -0.4 is 0 Å². The first-order valence-corrected chi connectivity index (χ1v) is 10.6. The van der Waals surface area contributed by atoms with Crippen molar-refractivity contribution < 1.29 is 0 Å². The molecule has 1 saturated heterocycles. The predicted molar refractivity (Wildman–Crippen MR) is 107 cm³/mol. The van der Waals surface area contributed by atoms with E-state index in [-0.39, 0.29) is 0 Å². The van der Waals surface area contributed by atoms with Gasteiger partial charge in [0.15, 0.2) is 5.16 Å². The van der Waals surface area contributed by atoms with E-state index in [9.17, 15) is 0 Å². The Kier molecular flexibility index (Phi) is 7.41. The van der Waals surface area contributed by atoms with Gasteiger partial charge in [-0.15, -0.1) is 0 Å². The number of likely N-dealkylation sites (N-methyl/N-ethyl adjacent to an activating group) is 1. The van der Waals surface area contributed by atoms with Crippen LogP contribution in [0, 0.1) is 0 Å². The standard InChI is InChI=1S/C20H29N5S/c1-3-25-11-7-9-19(25)16-24(15-18-8-5-6-10-21-18)14-17-12-22-20(23-13-17)26-4-2/h5-6,8,10,12-13,19H,3-4,7,9,11,14-16H2,1-2H3. The lowest BCUT2D eigenvalue weighted by Gasteiger charge is -2.30. The Morgan fingerprint density at radius 1 is 1.15 bits per heavy atom. The summed E-state index contributed by atoms with van der Waals surface area (Å²) in [6, 6.07) is 6.78. The molecule has 0 saturated carbocycles. The van der Waals surface area contributed by atoms with Crippen molar-refractivity contribution in [3.63, 3.8) is 0 Å². The Balaban J connectivity index is 1.69. The second-order valence-electron chi connectivity index (χ2n) is 6.72. The Morgan fingerprint density at radius 2 is 2.00 bits per heavy atom. The molecule has 2 aromatic heterocycles. The van der Waals surface area contributed by atoms with Crippen molar-refractivity contribution in [2.45, 2.75) is 51.0 Å². The zero-order valence-electron chi connectivity index (χ0n) is 15.8. The molecule has 0 spiro atoms. The highest BCUT2D eigenvalue weighted by atomic mass is 32.2. The van der Waals surface area contributed by atoms with Gasteiger partial charge in [0.25, 0.3) is 0 Å². The molecule has 1 unspecified atom stereocenters. The summed E-state index contributed by atoms with van der Waals surface area (Å²) in [6.45, 7) is 9.54. The fraction of sp³-hybridized carbons (Fsp3) is 0.550. The van der Waals surface area contributed by atoms with Gasteiger partial charge in [-0.25, -0.2) is 9.97 Å². The third kappa shape index (κ3) is 5.50. The summed E-state index contributed by atoms with van der Waals surface area (Å²) >= 11 is 1.68. The normalized spacial score (nSPS) is 17.9. The Morgan fingerprint density at radius 3 is 2.69 bits per heavy atom. The average Bonchev–Trinajstić information content (AvgIpc) is 3.11. The van der Waals surface area contributed by atoms with Crippen LogP contribution in [-0.2, 0) is 13.1 Å². The second kappa shape index (κ2) is 10.00. The molecule has 1 aliphatic heterocycles. The second-order valence-corrected chi connectivity index (χ2v) is 7.95. The molecule has 1 aliphatic rings. The van der Waals surface area contributed by atoms with E-state index in [4.69, 9.17) is 0 Å². The molecule has 1 atom stereocenters. The Bertz CT molecular complexity index is 649. The van der Waals surface area contributed by atoms with Crippen molar-refractivity contribution in [2.75, 3.05) is 25.4 Å². The number of thioether (sulfide) groups is 1. The molecule has 0 bridgehead atoms. The highest BCUT2D eigenvalue weighted by molar-refractivity contribution is 7.99. The minimum atomic E-state index is 0.638. The zero-order valence-corrected chi connectivity index (χ0v) is 16.7. The largest absolute Gasteiger partial charge is 0.299 e. The number of hydrogen-bond acceptors (Lipinski definition) is 6. The Hall–Kier alpha value is -1.50. The summed E-state index contributed by atoms with van der Waals surface area (Å²) < 4.78 is 0. The summed E-state index contributed by atoms with van der Waals surface area (Å²) in [7, 11) is 0. The van der Waals surface area contributed by atoms with Crippen LogP contribution in [0.15, 0.2) is 41.9 Å². The third-order valence-corrected chi connectivity index (χ3v) is 5.60. The molecule has 0 radical (unpaired) electrons. The molecular formula is C20H29N5S. The lowest BCUT2D eigenvalue weighted by atomic mass is 10.2. The van der Waals surface area contributed by atoms with E-state index in [1.54, 1.807) is 11.8 Å². The van der Waals surface area contributed by atoms with Gasteiger partial charge in [-0.1, -0.05) is 31.7 Å². The van der Waals surface area contributed by atoms with E-state index in [2.05, 4.69) is 50.7 Å². The first-order valence-electron chi connectivity index (χ1n) is 9.58. The van der Waals surface area contributed by atoms with Gasteiger partial charge in [-0.05, 0) is 43.8 Å². The highest BCUT2D eigenvalue weighted by Gasteiger charge is 2.25. The number of hydrogen-bond donors (Lipinski definition) is 0. The molecule has 0 aromatic carbocycles. The van der Waals surface area contributed by atoms with Crippen LogP contribution in [0.5, 0.6) is 0 Å². The van der Waals surface area contributed by atoms with Crippen LogP contribution in [0.3, 0.4) is 0 Å². The summed E-state index contributed by atoms with van der Waals surface area (Å²) in [6.07, 6.45) is 8.42. The highest BCUT2D eigenvalue weighted by Crippen LogP contribution is 2.20. The van der Waals surface area contributed by atoms with Crippen molar-refractivity contribution in [2.24, 2.45) is 0 Å². The van der Waals surface area contributed by atoms with E-state index in [0.717, 1.165) is 42.8 Å². The average molecular weight is 372 g/mol. The van der Waals surface area contributed by atoms with E-state index >= 15 is 0 Å². The first kappa shape index (κ1) is 19.3. The quantitative estimate of drug-likeness (QED) is 0.497. The predicted octanol–water partition coefficient (Wildman–Crippen LogP) is 3.47. The summed E-state index contributed by atoms with van der Waals surface area (Å²) in [5.74, 6) is 1.000. The third-order valence-electron chi connectivity index (χ3n) is 4.85. The van der Waals surface area contributed by atoms with Crippen molar-refractivity contribution in [1.82, 2.24) is 24.8 Å². The van der Waals surface area contributed by atoms with Gasteiger partial charge >= 0.3 is 0 Å². The van der Waals surface area contributed by atoms with Gasteiger partial charge < -0.3 is 0 Å². The molecule has 140 valence electrons. The van der Waals surface area contributed by atoms with Gasteiger partial charge in [0.1, 0.15) is 0 Å². The van der Waals surface area contributed by atoms with Crippen molar-refractivity contribution >= 4 is 11.8 Å². The lowest BCUT2D eigenvalue weighted by molar-refractivity contribution is 0.164. The van der Waals surface area contributed by atoms with Gasteiger partial charge in [0.05, 0.1) is 5.69 Å². The van der Waals surface area contributed by atoms with Crippen molar-refractivity contribution in [1.29, 1.82) is 0 Å². The van der Waals surface area contributed by atoms with Crippen LogP contribution in [0.2, 0.25) is 0 Å². The molecule has 2 aromatic rings. The fourth-order valence-electron chi connectivity index (χ4n) is 3.61. The summed E-state index contributed by atoms with van der Waals surface area (Å²) in [5, 5.41) is 0.862. The van der Waals surface area contributed by atoms with Crippen LogP contribution in [-0.4, -0.2) is 56.2 Å². The SMILES string of the molecule is CCSc1ncc(CN(Cc2ccccn2)CC2CCCN2CC)cn1. The molecule has 26 heavy (non-hydrogen) atoms. The van der Waals surface area contributed by atoms with Gasteiger partial charge in [0.2, 0.25) is 0 Å². The molecule has 0 amide bonds. The van der Waals surface area contributed by atoms with Gasteiger partial charge in [-0.3, -0.25) is 14.8 Å². The molecular weight excluding hydrogens is 342 g/mol. The smallest absolute Gasteiger partial charge is 0.187 e. The first-order chi connectivity index (χ1) is 12.8. The zero-order chi connectivity index (χ0) is 18.2. The molecule has 3 rings (SSSR count). The molecule has 5 nitrogen and oxygen atoms in total. The van der Waals surface area contributed by atoms with E-state index in [0.29, 0.717) is 6.04 Å². The summed E-state index contributed by atoms with van der Waals surface area (Å²) in [5.41, 5.74) is 2.29. The summed E-state index contributed by atoms with van der Waals surface area (Å²) in [4.78, 5) is 18.6. The van der Waals surface area contributed by atoms with E-state index in [1.807, 2.05) is 24.7 Å². The van der Waals surface area contributed by atoms with Crippen molar-refractivity contribution in [3.05, 3.63) is 48.0 Å². The van der Waals surface area contributed by atoms with E-state index in [1.165, 1.54) is 24.9 Å². The molecule has 0 N–H and O–H groups in total. The topological polar surface area (TPSA) is 45.2 Å². The maximum Gasteiger partial charge on any atom is 0.187 e. The number of likely N-dealkylation sites (tertiary alicyclic amines) is 1. The lowest BCUT2D eigenvalue weighted by Crippen LogP contribution is -2.40. The molecule has 3 heterocycles. The fourth-order valence-corrected chi connectivity index (χ4v) is 4.12. The number of aromatic nitrogens is 3. The van der Waals surface area contributed by atoms with Crippen LogP contribution in [0.4, 0.5) is 0 Å². The Labute approximate surface area is 161 Å². The molecule has 1 fully saturated rings. The number of rotatable bonds is 9. The van der Waals surface area contributed by atoms with Crippen LogP contribution >= 0.6 is 11.8 Å². The van der Waals surface area contributed by atoms with E-state index < -0.39 is 0 Å². The van der Waals surface area contributed by atoms with Gasteiger partial charge in [-0.2, -0.15) is 0 Å². The maximum absolute atomic E-state index is 4.52. The van der Waals surface area contributed by atoms with Gasteiger partial charge in [0, 0.05) is 49.8 Å². The number of nitrogens with zero attached hydrogens (tertiary/aromatic N) is 5. The number of pyridine rings is 1. The van der Waals surface area contributed by atoms with Crippen LogP contribution in [0.25, 0.3) is 0 Å². The minimum absolute atomic E-state index is 0.638. The van der Waals surface area contributed by atoms with Crippen LogP contribution in [0.1, 0.15) is 37.9 Å². The molecule has 0 aliphatic carbocycles.